The first-order valence-corrected chi connectivity index (χ1v) is 9.52. The molecule has 0 aliphatic rings. The number of ether oxygens (including phenoxy) is 1. The summed E-state index contributed by atoms with van der Waals surface area (Å²) in [5.41, 5.74) is 1.86. The lowest BCUT2D eigenvalue weighted by atomic mass is 10.0. The molecule has 0 saturated carbocycles. The lowest BCUT2D eigenvalue weighted by Gasteiger charge is -2.17. The Morgan fingerprint density at radius 3 is 2.50 bits per heavy atom. The third-order valence-electron chi connectivity index (χ3n) is 4.51. The van der Waals surface area contributed by atoms with Gasteiger partial charge in [0.15, 0.2) is 0 Å². The van der Waals surface area contributed by atoms with Crippen molar-refractivity contribution >= 4 is 23.5 Å². The number of amides is 1. The maximum Gasteiger partial charge on any atom is 0.335 e. The van der Waals surface area contributed by atoms with E-state index in [-0.39, 0.29) is 24.1 Å². The highest BCUT2D eigenvalue weighted by Gasteiger charge is 2.16. The molecule has 3 rings (SSSR count). The standard InChI is InChI=1S/C23H19ClFNO4/c1-14(15-5-7-16(8-6-15)23(28)29)26-22(27)21-11-18(24)10-9-17(21)13-30-20-4-2-3-19(25)12-20/h2-12,14H,13H2,1H3,(H,26,27)(H,28,29)/t14-/m0/s1. The Kier molecular flexibility index (Phi) is 6.69. The Bertz CT molecular complexity index is 1070. The average Bonchev–Trinajstić information content (AvgIpc) is 2.72. The molecule has 0 unspecified atom stereocenters. The van der Waals surface area contributed by atoms with Crippen molar-refractivity contribution < 1.29 is 23.8 Å². The summed E-state index contributed by atoms with van der Waals surface area (Å²) in [5.74, 6) is -1.43. The average molecular weight is 428 g/mol. The van der Waals surface area contributed by atoms with Crippen LogP contribution >= 0.6 is 11.6 Å². The van der Waals surface area contributed by atoms with Gasteiger partial charge in [0.1, 0.15) is 18.2 Å². The predicted molar refractivity (Wildman–Crippen MR) is 111 cm³/mol. The van der Waals surface area contributed by atoms with Crippen molar-refractivity contribution in [2.24, 2.45) is 0 Å². The molecule has 0 heterocycles. The Morgan fingerprint density at radius 1 is 1.10 bits per heavy atom. The van der Waals surface area contributed by atoms with Gasteiger partial charge in [-0.2, -0.15) is 0 Å². The van der Waals surface area contributed by atoms with Gasteiger partial charge in [-0.15, -0.1) is 0 Å². The van der Waals surface area contributed by atoms with Gasteiger partial charge in [0.2, 0.25) is 0 Å². The molecule has 0 aromatic heterocycles. The SMILES string of the molecule is C[C@H](NC(=O)c1cc(Cl)ccc1COc1cccc(F)c1)c1ccc(C(=O)O)cc1. The van der Waals surface area contributed by atoms with Gasteiger partial charge in [0, 0.05) is 22.2 Å². The number of carboxylic acid groups (broad SMARTS) is 1. The number of rotatable bonds is 7. The predicted octanol–water partition coefficient (Wildman–Crippen LogP) is 5.25. The van der Waals surface area contributed by atoms with Gasteiger partial charge in [-0.1, -0.05) is 35.9 Å². The fraction of sp³-hybridized carbons (Fsp3) is 0.130. The quantitative estimate of drug-likeness (QED) is 0.540. The number of hydrogen-bond donors (Lipinski definition) is 2. The van der Waals surface area contributed by atoms with Crippen LogP contribution in [-0.2, 0) is 6.61 Å². The second kappa shape index (κ2) is 9.41. The van der Waals surface area contributed by atoms with Crippen molar-refractivity contribution in [2.75, 3.05) is 0 Å². The number of hydrogen-bond acceptors (Lipinski definition) is 3. The van der Waals surface area contributed by atoms with Crippen molar-refractivity contribution in [3.63, 3.8) is 0 Å². The van der Waals surface area contributed by atoms with Gasteiger partial charge in [0.05, 0.1) is 11.6 Å². The van der Waals surface area contributed by atoms with E-state index < -0.39 is 11.8 Å². The Hall–Kier alpha value is -3.38. The zero-order valence-corrected chi connectivity index (χ0v) is 16.8. The largest absolute Gasteiger partial charge is 0.489 e. The molecule has 30 heavy (non-hydrogen) atoms. The maximum atomic E-state index is 13.3. The molecule has 5 nitrogen and oxygen atoms in total. The molecule has 0 bridgehead atoms. The van der Waals surface area contributed by atoms with Crippen LogP contribution in [0.4, 0.5) is 4.39 Å². The van der Waals surface area contributed by atoms with Crippen LogP contribution in [-0.4, -0.2) is 17.0 Å². The zero-order chi connectivity index (χ0) is 21.7. The van der Waals surface area contributed by atoms with Gasteiger partial charge in [-0.25, -0.2) is 9.18 Å². The molecule has 0 aliphatic heterocycles. The molecule has 0 fully saturated rings. The monoisotopic (exact) mass is 427 g/mol. The van der Waals surface area contributed by atoms with E-state index in [2.05, 4.69) is 5.32 Å². The minimum Gasteiger partial charge on any atom is -0.489 e. The van der Waals surface area contributed by atoms with Crippen LogP contribution in [0.15, 0.2) is 66.7 Å². The Balaban J connectivity index is 1.74. The fourth-order valence-electron chi connectivity index (χ4n) is 2.88. The minimum absolute atomic E-state index is 0.0606. The number of carboxylic acids is 1. The smallest absolute Gasteiger partial charge is 0.335 e. The summed E-state index contributed by atoms with van der Waals surface area (Å²) < 4.78 is 18.9. The number of nitrogens with one attached hydrogen (secondary N) is 1. The van der Waals surface area contributed by atoms with E-state index in [9.17, 15) is 14.0 Å². The molecule has 0 aliphatic carbocycles. The van der Waals surface area contributed by atoms with Crippen LogP contribution in [0.1, 0.15) is 44.8 Å². The highest BCUT2D eigenvalue weighted by Crippen LogP contribution is 2.21. The Morgan fingerprint density at radius 2 is 1.83 bits per heavy atom. The van der Waals surface area contributed by atoms with E-state index in [1.807, 2.05) is 0 Å². The van der Waals surface area contributed by atoms with Crippen molar-refractivity contribution in [2.45, 2.75) is 19.6 Å². The van der Waals surface area contributed by atoms with Crippen LogP contribution in [0.3, 0.4) is 0 Å². The Labute approximate surface area is 178 Å². The third kappa shape index (κ3) is 5.36. The number of carbonyl (C=O) groups excluding carboxylic acids is 1. The molecule has 154 valence electrons. The van der Waals surface area contributed by atoms with E-state index in [0.717, 1.165) is 5.56 Å². The number of carbonyl (C=O) groups is 2. The van der Waals surface area contributed by atoms with Crippen molar-refractivity contribution in [1.82, 2.24) is 5.32 Å². The molecule has 2 N–H and O–H groups in total. The highest BCUT2D eigenvalue weighted by atomic mass is 35.5. The second-order valence-corrected chi connectivity index (χ2v) is 7.11. The molecule has 1 amide bonds. The van der Waals surface area contributed by atoms with E-state index in [1.165, 1.54) is 30.3 Å². The molecule has 7 heteroatoms. The summed E-state index contributed by atoms with van der Waals surface area (Å²) >= 11 is 6.07. The van der Waals surface area contributed by atoms with Crippen molar-refractivity contribution in [3.05, 3.63) is 99.8 Å². The molecule has 3 aromatic rings. The van der Waals surface area contributed by atoms with E-state index in [4.69, 9.17) is 21.4 Å². The molecular weight excluding hydrogens is 409 g/mol. The highest BCUT2D eigenvalue weighted by molar-refractivity contribution is 6.31. The maximum absolute atomic E-state index is 13.3. The van der Waals surface area contributed by atoms with Crippen LogP contribution in [0, 0.1) is 5.82 Å². The first-order chi connectivity index (χ1) is 14.3. The number of benzene rings is 3. The van der Waals surface area contributed by atoms with Crippen LogP contribution in [0.2, 0.25) is 5.02 Å². The van der Waals surface area contributed by atoms with Crippen LogP contribution < -0.4 is 10.1 Å². The van der Waals surface area contributed by atoms with Crippen molar-refractivity contribution in [3.8, 4) is 5.75 Å². The number of halogens is 2. The summed E-state index contributed by atoms with van der Waals surface area (Å²) in [6, 6.07) is 16.5. The summed E-state index contributed by atoms with van der Waals surface area (Å²) in [7, 11) is 0. The number of aromatic carboxylic acids is 1. The molecule has 0 radical (unpaired) electrons. The van der Waals surface area contributed by atoms with Crippen LogP contribution in [0.5, 0.6) is 5.75 Å². The second-order valence-electron chi connectivity index (χ2n) is 6.67. The fourth-order valence-corrected chi connectivity index (χ4v) is 3.05. The molecule has 3 aromatic carbocycles. The molecular formula is C23H19ClFNO4. The lowest BCUT2D eigenvalue weighted by molar-refractivity contribution is 0.0696. The summed E-state index contributed by atoms with van der Waals surface area (Å²) in [6.45, 7) is 1.85. The van der Waals surface area contributed by atoms with E-state index in [1.54, 1.807) is 43.3 Å². The summed E-state index contributed by atoms with van der Waals surface area (Å²) in [6.07, 6.45) is 0. The van der Waals surface area contributed by atoms with Crippen LogP contribution in [0.25, 0.3) is 0 Å². The first-order valence-electron chi connectivity index (χ1n) is 9.14. The molecule has 0 spiro atoms. The molecule has 0 saturated heterocycles. The molecule has 1 atom stereocenters. The third-order valence-corrected chi connectivity index (χ3v) is 4.75. The van der Waals surface area contributed by atoms with Gasteiger partial charge in [-0.3, -0.25) is 4.79 Å². The zero-order valence-electron chi connectivity index (χ0n) is 16.1. The van der Waals surface area contributed by atoms with E-state index in [0.29, 0.717) is 21.9 Å². The summed E-state index contributed by atoms with van der Waals surface area (Å²) in [5, 5.41) is 12.3. The minimum atomic E-state index is -1.01. The van der Waals surface area contributed by atoms with E-state index >= 15 is 0 Å². The lowest BCUT2D eigenvalue weighted by Crippen LogP contribution is -2.27. The van der Waals surface area contributed by atoms with Gasteiger partial charge in [-0.05, 0) is 48.9 Å². The van der Waals surface area contributed by atoms with Gasteiger partial charge < -0.3 is 15.2 Å². The summed E-state index contributed by atoms with van der Waals surface area (Å²) in [4.78, 5) is 23.8. The van der Waals surface area contributed by atoms with Gasteiger partial charge >= 0.3 is 5.97 Å². The van der Waals surface area contributed by atoms with Gasteiger partial charge in [0.25, 0.3) is 5.91 Å². The van der Waals surface area contributed by atoms with Crippen molar-refractivity contribution in [1.29, 1.82) is 0 Å². The first kappa shape index (κ1) is 21.3. The topological polar surface area (TPSA) is 75.6 Å². The normalized spacial score (nSPS) is 11.6.